The van der Waals surface area contributed by atoms with Crippen molar-refractivity contribution in [3.8, 4) is 0 Å². The first-order valence-electron chi connectivity index (χ1n) is 9.95. The topological polar surface area (TPSA) is 52.6 Å². The molecule has 0 saturated carbocycles. The average molecular weight is 343 g/mol. The van der Waals surface area contributed by atoms with Crippen LogP contribution in [-0.2, 0) is 19.1 Å². The van der Waals surface area contributed by atoms with Gasteiger partial charge >= 0.3 is 11.9 Å². The van der Waals surface area contributed by atoms with Crippen molar-refractivity contribution in [3.63, 3.8) is 0 Å². The summed E-state index contributed by atoms with van der Waals surface area (Å²) >= 11 is 0. The molecule has 0 amide bonds. The van der Waals surface area contributed by atoms with E-state index in [2.05, 4.69) is 20.8 Å². The summed E-state index contributed by atoms with van der Waals surface area (Å²) in [5.41, 5.74) is 0. The molecule has 0 aromatic carbocycles. The minimum atomic E-state index is -0.0661. The van der Waals surface area contributed by atoms with Crippen LogP contribution >= 0.6 is 0 Å². The molecule has 0 unspecified atom stereocenters. The molecule has 0 radical (unpaired) electrons. The summed E-state index contributed by atoms with van der Waals surface area (Å²) in [5.74, 6) is 0.378. The second-order valence-electron chi connectivity index (χ2n) is 6.56. The lowest BCUT2D eigenvalue weighted by Gasteiger charge is -2.12. The van der Waals surface area contributed by atoms with Gasteiger partial charge in [-0.05, 0) is 25.2 Å². The van der Waals surface area contributed by atoms with Gasteiger partial charge in [0.15, 0.2) is 0 Å². The van der Waals surface area contributed by atoms with Gasteiger partial charge in [-0.15, -0.1) is 0 Å². The fourth-order valence-electron chi connectivity index (χ4n) is 2.46. The molecule has 0 aromatic rings. The first-order valence-corrected chi connectivity index (χ1v) is 9.95. The Morgan fingerprint density at radius 3 is 1.71 bits per heavy atom. The molecule has 0 heterocycles. The van der Waals surface area contributed by atoms with Gasteiger partial charge in [0.2, 0.25) is 0 Å². The minimum Gasteiger partial charge on any atom is -0.466 e. The van der Waals surface area contributed by atoms with Gasteiger partial charge in [-0.25, -0.2) is 0 Å². The number of carbonyl (C=O) groups excluding carboxylic acids is 2. The maximum atomic E-state index is 11.6. The molecular weight excluding hydrogens is 304 g/mol. The third-order valence-corrected chi connectivity index (χ3v) is 4.41. The van der Waals surface area contributed by atoms with E-state index in [1.165, 1.54) is 0 Å². The normalized spacial score (nSPS) is 10.8. The zero-order valence-corrected chi connectivity index (χ0v) is 16.1. The van der Waals surface area contributed by atoms with Crippen LogP contribution in [0.15, 0.2) is 0 Å². The van der Waals surface area contributed by atoms with Crippen LogP contribution in [0.2, 0.25) is 0 Å². The number of esters is 2. The van der Waals surface area contributed by atoms with E-state index in [0.29, 0.717) is 32.0 Å². The number of rotatable bonds is 16. The highest BCUT2D eigenvalue weighted by molar-refractivity contribution is 5.69. The predicted molar refractivity (Wildman–Crippen MR) is 97.8 cm³/mol. The highest BCUT2D eigenvalue weighted by atomic mass is 16.5. The quantitative estimate of drug-likeness (QED) is 0.277. The minimum absolute atomic E-state index is 0.0586. The van der Waals surface area contributed by atoms with Crippen LogP contribution in [0, 0.1) is 5.92 Å². The molecule has 0 atom stereocenters. The zero-order chi connectivity index (χ0) is 18.0. The van der Waals surface area contributed by atoms with Crippen LogP contribution in [0.1, 0.15) is 97.8 Å². The number of hydrogen-bond acceptors (Lipinski definition) is 4. The molecule has 4 nitrogen and oxygen atoms in total. The van der Waals surface area contributed by atoms with Crippen molar-refractivity contribution in [3.05, 3.63) is 0 Å². The lowest BCUT2D eigenvalue weighted by molar-refractivity contribution is -0.145. The van der Waals surface area contributed by atoms with Crippen LogP contribution in [0.3, 0.4) is 0 Å². The number of unbranched alkanes of at least 4 members (excludes halogenated alkanes) is 6. The molecule has 0 spiro atoms. The maximum Gasteiger partial charge on any atom is 0.305 e. The van der Waals surface area contributed by atoms with Crippen LogP contribution in [0.4, 0.5) is 0 Å². The molecule has 0 N–H and O–H groups in total. The molecule has 24 heavy (non-hydrogen) atoms. The van der Waals surface area contributed by atoms with Crippen LogP contribution < -0.4 is 0 Å². The Balaban J connectivity index is 3.35. The third kappa shape index (κ3) is 14.5. The fraction of sp³-hybridized carbons (Fsp3) is 0.900. The van der Waals surface area contributed by atoms with Crippen molar-refractivity contribution in [2.75, 3.05) is 13.2 Å². The fourth-order valence-corrected chi connectivity index (χ4v) is 2.46. The van der Waals surface area contributed by atoms with E-state index in [1.54, 1.807) is 0 Å². The number of hydrogen-bond donors (Lipinski definition) is 0. The first-order chi connectivity index (χ1) is 11.6. The molecule has 142 valence electrons. The summed E-state index contributed by atoms with van der Waals surface area (Å²) < 4.78 is 10.4. The van der Waals surface area contributed by atoms with Crippen LogP contribution in [0.25, 0.3) is 0 Å². The monoisotopic (exact) mass is 342 g/mol. The summed E-state index contributed by atoms with van der Waals surface area (Å²) in [6.45, 7) is 7.48. The van der Waals surface area contributed by atoms with Gasteiger partial charge < -0.3 is 9.47 Å². The Bertz CT molecular complexity index is 311. The van der Waals surface area contributed by atoms with Crippen molar-refractivity contribution < 1.29 is 19.1 Å². The number of carbonyl (C=O) groups is 2. The summed E-state index contributed by atoms with van der Waals surface area (Å²) in [6, 6.07) is 0. The summed E-state index contributed by atoms with van der Waals surface area (Å²) in [6.07, 6.45) is 11.4. The van der Waals surface area contributed by atoms with E-state index < -0.39 is 0 Å². The van der Waals surface area contributed by atoms with Gasteiger partial charge in [0.1, 0.15) is 0 Å². The SMILES string of the molecule is CCCCOC(=O)CCCCCCCCC(=O)OCC(CC)CC. The lowest BCUT2D eigenvalue weighted by atomic mass is 10.1. The highest BCUT2D eigenvalue weighted by Gasteiger charge is 2.08. The largest absolute Gasteiger partial charge is 0.466 e. The smallest absolute Gasteiger partial charge is 0.305 e. The Labute approximate surface area is 148 Å². The van der Waals surface area contributed by atoms with Gasteiger partial charge in [-0.3, -0.25) is 9.59 Å². The van der Waals surface area contributed by atoms with Gasteiger partial charge in [0, 0.05) is 12.8 Å². The van der Waals surface area contributed by atoms with Crippen molar-refractivity contribution >= 4 is 11.9 Å². The molecular formula is C20H38O4. The van der Waals surface area contributed by atoms with Gasteiger partial charge in [0.25, 0.3) is 0 Å². The van der Waals surface area contributed by atoms with Gasteiger partial charge in [-0.2, -0.15) is 0 Å². The molecule has 0 aromatic heterocycles. The van der Waals surface area contributed by atoms with E-state index in [9.17, 15) is 9.59 Å². The van der Waals surface area contributed by atoms with Gasteiger partial charge in [-0.1, -0.05) is 65.7 Å². The van der Waals surface area contributed by atoms with Crippen molar-refractivity contribution in [2.45, 2.75) is 97.8 Å². The summed E-state index contributed by atoms with van der Waals surface area (Å²) in [7, 11) is 0. The van der Waals surface area contributed by atoms with E-state index >= 15 is 0 Å². The molecule has 0 bridgehead atoms. The second kappa shape index (κ2) is 16.8. The molecule has 0 rings (SSSR count). The average Bonchev–Trinajstić information content (AvgIpc) is 2.58. The first kappa shape index (κ1) is 22.9. The van der Waals surface area contributed by atoms with Crippen molar-refractivity contribution in [2.24, 2.45) is 5.92 Å². The second-order valence-corrected chi connectivity index (χ2v) is 6.56. The number of ether oxygens (including phenoxy) is 2. The third-order valence-electron chi connectivity index (χ3n) is 4.41. The van der Waals surface area contributed by atoms with Crippen molar-refractivity contribution in [1.82, 2.24) is 0 Å². The Morgan fingerprint density at radius 1 is 0.708 bits per heavy atom. The zero-order valence-electron chi connectivity index (χ0n) is 16.1. The molecule has 4 heteroatoms. The molecule has 0 fully saturated rings. The van der Waals surface area contributed by atoms with Crippen molar-refractivity contribution in [1.29, 1.82) is 0 Å². The molecule has 0 aliphatic heterocycles. The summed E-state index contributed by atoms with van der Waals surface area (Å²) in [5, 5.41) is 0. The molecule has 0 aliphatic carbocycles. The summed E-state index contributed by atoms with van der Waals surface area (Å²) in [4.78, 5) is 23.0. The molecule has 0 saturated heterocycles. The van der Waals surface area contributed by atoms with Gasteiger partial charge in [0.05, 0.1) is 13.2 Å². The molecule has 0 aliphatic rings. The van der Waals surface area contributed by atoms with Crippen LogP contribution in [-0.4, -0.2) is 25.2 Å². The predicted octanol–water partition coefficient (Wildman–Crippen LogP) is 5.43. The Morgan fingerprint density at radius 2 is 1.21 bits per heavy atom. The van der Waals surface area contributed by atoms with E-state index in [-0.39, 0.29) is 11.9 Å². The Kier molecular flexibility index (Phi) is 16.0. The van der Waals surface area contributed by atoms with E-state index in [1.807, 2.05) is 0 Å². The van der Waals surface area contributed by atoms with Crippen LogP contribution in [0.5, 0.6) is 0 Å². The van der Waals surface area contributed by atoms with E-state index in [0.717, 1.165) is 64.2 Å². The standard InChI is InChI=1S/C20H38O4/c1-4-7-16-23-19(21)14-12-10-8-9-11-13-15-20(22)24-17-18(5-2)6-3/h18H,4-17H2,1-3H3. The highest BCUT2D eigenvalue weighted by Crippen LogP contribution is 2.11. The van der Waals surface area contributed by atoms with E-state index in [4.69, 9.17) is 9.47 Å². The lowest BCUT2D eigenvalue weighted by Crippen LogP contribution is -2.12. The maximum absolute atomic E-state index is 11.6. The Hall–Kier alpha value is -1.06.